The minimum absolute atomic E-state index is 0.111. The lowest BCUT2D eigenvalue weighted by atomic mass is 9.71. The largest absolute Gasteiger partial charge is 0.463 e. The van der Waals surface area contributed by atoms with E-state index in [1.54, 1.807) is 0 Å². The van der Waals surface area contributed by atoms with Gasteiger partial charge < -0.3 is 9.16 Å². The van der Waals surface area contributed by atoms with Crippen molar-refractivity contribution in [2.75, 3.05) is 0 Å². The predicted molar refractivity (Wildman–Crippen MR) is 130 cm³/mol. The van der Waals surface area contributed by atoms with Gasteiger partial charge in [0.25, 0.3) is 0 Å². The molecule has 0 spiro atoms. The maximum Gasteiger partial charge on any atom is 0.311 e. The number of hydrogen-bond donors (Lipinski definition) is 0. The highest BCUT2D eigenvalue weighted by molar-refractivity contribution is 6.73. The van der Waals surface area contributed by atoms with E-state index in [2.05, 4.69) is 81.4 Å². The summed E-state index contributed by atoms with van der Waals surface area (Å²) in [7, 11) is -1.97. The smallest absolute Gasteiger partial charge is 0.311 e. The van der Waals surface area contributed by atoms with Crippen LogP contribution in [0.3, 0.4) is 0 Å². The molecule has 1 fully saturated rings. The normalized spacial score (nSPS) is 20.7. The topological polar surface area (TPSA) is 35.5 Å². The first-order valence-corrected chi connectivity index (χ1v) is 14.4. The van der Waals surface area contributed by atoms with Gasteiger partial charge in [-0.05, 0) is 55.9 Å². The van der Waals surface area contributed by atoms with E-state index >= 15 is 0 Å². The third-order valence-corrected chi connectivity index (χ3v) is 11.9. The second-order valence-corrected chi connectivity index (χ2v) is 13.8. The van der Waals surface area contributed by atoms with Gasteiger partial charge in [-0.25, -0.2) is 0 Å². The number of benzene rings is 2. The van der Waals surface area contributed by atoms with Crippen LogP contribution >= 0.6 is 0 Å². The quantitative estimate of drug-likeness (QED) is 0.322. The molecular weight excluding hydrogens is 400 g/mol. The molecule has 31 heavy (non-hydrogen) atoms. The molecule has 0 aromatic heterocycles. The van der Waals surface area contributed by atoms with Gasteiger partial charge in [0.05, 0.1) is 18.1 Å². The summed E-state index contributed by atoms with van der Waals surface area (Å²) in [6, 6.07) is 24.5. The predicted octanol–water partition coefficient (Wildman–Crippen LogP) is 6.72. The van der Waals surface area contributed by atoms with E-state index in [0.717, 1.165) is 31.0 Å². The SMILES string of the molecule is CC[Si](CC)(CC)O[C@@H]1[C@@H](C(=O)OC(C)C)CCC1(c1ccccc1)c1ccccc1. The lowest BCUT2D eigenvalue weighted by Gasteiger charge is -2.43. The fraction of sp³-hybridized carbons (Fsp3) is 0.519. The average Bonchev–Trinajstić information content (AvgIpc) is 3.18. The lowest BCUT2D eigenvalue weighted by molar-refractivity contribution is -0.155. The van der Waals surface area contributed by atoms with E-state index in [0.29, 0.717) is 0 Å². The molecule has 168 valence electrons. The van der Waals surface area contributed by atoms with Gasteiger partial charge in [-0.3, -0.25) is 4.79 Å². The van der Waals surface area contributed by atoms with Crippen LogP contribution < -0.4 is 0 Å². The lowest BCUT2D eigenvalue weighted by Crippen LogP contribution is -2.51. The molecule has 2 aromatic carbocycles. The monoisotopic (exact) mass is 438 g/mol. The average molecular weight is 439 g/mol. The molecule has 2 atom stereocenters. The molecule has 2 aromatic rings. The zero-order valence-electron chi connectivity index (χ0n) is 19.8. The van der Waals surface area contributed by atoms with Crippen molar-refractivity contribution in [2.24, 2.45) is 5.92 Å². The van der Waals surface area contributed by atoms with Gasteiger partial charge in [0.15, 0.2) is 8.32 Å². The van der Waals surface area contributed by atoms with Crippen LogP contribution in [-0.4, -0.2) is 26.5 Å². The number of carbonyl (C=O) groups excluding carboxylic acids is 1. The molecule has 0 N–H and O–H groups in total. The fourth-order valence-corrected chi connectivity index (χ4v) is 8.19. The summed E-state index contributed by atoms with van der Waals surface area (Å²) in [5.74, 6) is -0.362. The first-order valence-electron chi connectivity index (χ1n) is 11.9. The Morgan fingerprint density at radius 1 is 0.935 bits per heavy atom. The summed E-state index contributed by atoms with van der Waals surface area (Å²) in [6.45, 7) is 10.6. The van der Waals surface area contributed by atoms with Crippen molar-refractivity contribution in [2.45, 2.75) is 83.2 Å². The second-order valence-electron chi connectivity index (χ2n) is 9.12. The van der Waals surface area contributed by atoms with Crippen molar-refractivity contribution in [1.29, 1.82) is 0 Å². The Hall–Kier alpha value is -1.91. The molecule has 0 radical (unpaired) electrons. The maximum atomic E-state index is 13.3. The highest BCUT2D eigenvalue weighted by Crippen LogP contribution is 2.52. The van der Waals surface area contributed by atoms with Crippen molar-refractivity contribution in [1.82, 2.24) is 0 Å². The number of hydrogen-bond acceptors (Lipinski definition) is 3. The molecule has 0 unspecified atom stereocenters. The van der Waals surface area contributed by atoms with Gasteiger partial charge in [0.2, 0.25) is 0 Å². The van der Waals surface area contributed by atoms with Crippen molar-refractivity contribution >= 4 is 14.3 Å². The van der Waals surface area contributed by atoms with Gasteiger partial charge in [-0.15, -0.1) is 0 Å². The molecule has 0 bridgehead atoms. The Kier molecular flexibility index (Phi) is 7.76. The molecular formula is C27H38O3Si. The fourth-order valence-electron chi connectivity index (χ4n) is 5.29. The van der Waals surface area contributed by atoms with Crippen LogP contribution in [0.15, 0.2) is 60.7 Å². The number of esters is 1. The Bertz CT molecular complexity index is 782. The highest BCUT2D eigenvalue weighted by Gasteiger charge is 2.56. The Morgan fingerprint density at radius 2 is 1.42 bits per heavy atom. The summed E-state index contributed by atoms with van der Waals surface area (Å²) < 4.78 is 13.0. The molecule has 1 saturated carbocycles. The molecule has 0 heterocycles. The molecule has 4 heteroatoms. The van der Waals surface area contributed by atoms with Gasteiger partial charge in [-0.2, -0.15) is 0 Å². The molecule has 0 saturated heterocycles. The highest BCUT2D eigenvalue weighted by atomic mass is 28.4. The van der Waals surface area contributed by atoms with E-state index in [1.165, 1.54) is 11.1 Å². The number of carbonyl (C=O) groups is 1. The zero-order chi connectivity index (χ0) is 22.5. The van der Waals surface area contributed by atoms with Crippen molar-refractivity contribution < 1.29 is 14.0 Å². The van der Waals surface area contributed by atoms with E-state index in [-0.39, 0.29) is 29.5 Å². The van der Waals surface area contributed by atoms with E-state index < -0.39 is 8.32 Å². The van der Waals surface area contributed by atoms with Crippen LogP contribution in [0.25, 0.3) is 0 Å². The van der Waals surface area contributed by atoms with E-state index in [9.17, 15) is 4.79 Å². The van der Waals surface area contributed by atoms with Crippen LogP contribution in [0.2, 0.25) is 18.1 Å². The van der Waals surface area contributed by atoms with Crippen molar-refractivity contribution in [3.05, 3.63) is 71.8 Å². The van der Waals surface area contributed by atoms with E-state index in [4.69, 9.17) is 9.16 Å². The first-order chi connectivity index (χ1) is 14.9. The molecule has 3 rings (SSSR count). The summed E-state index contributed by atoms with van der Waals surface area (Å²) in [6.07, 6.45) is 1.32. The second kappa shape index (κ2) is 10.1. The van der Waals surface area contributed by atoms with Crippen LogP contribution in [0.5, 0.6) is 0 Å². The maximum absolute atomic E-state index is 13.3. The van der Waals surface area contributed by atoms with E-state index in [1.807, 2.05) is 13.8 Å². The Morgan fingerprint density at radius 3 is 1.84 bits per heavy atom. The van der Waals surface area contributed by atoms with Crippen LogP contribution in [0.4, 0.5) is 0 Å². The van der Waals surface area contributed by atoms with Gasteiger partial charge in [0, 0.05) is 5.41 Å². The molecule has 1 aliphatic rings. The van der Waals surface area contributed by atoms with Crippen molar-refractivity contribution in [3.63, 3.8) is 0 Å². The Balaban J connectivity index is 2.18. The van der Waals surface area contributed by atoms with Crippen LogP contribution in [0, 0.1) is 5.92 Å². The summed E-state index contributed by atoms with van der Waals surface area (Å²) in [4.78, 5) is 13.3. The summed E-state index contributed by atoms with van der Waals surface area (Å²) in [5.41, 5.74) is 2.12. The summed E-state index contributed by atoms with van der Waals surface area (Å²) in [5, 5.41) is 0. The summed E-state index contributed by atoms with van der Waals surface area (Å²) >= 11 is 0. The standard InChI is InChI=1S/C27H38O3Si/c1-6-31(7-2,8-3)30-25-24(26(28)29-21(4)5)19-20-27(25,22-15-11-9-12-16-22)23-17-13-10-14-18-23/h9-18,21,24-25H,6-8,19-20H2,1-5H3/t24-,25+/m0/s1. The van der Waals surface area contributed by atoms with Crippen molar-refractivity contribution in [3.8, 4) is 0 Å². The van der Waals surface area contributed by atoms with Gasteiger partial charge in [0.1, 0.15) is 0 Å². The first kappa shape index (κ1) is 23.7. The van der Waals surface area contributed by atoms with Crippen LogP contribution in [-0.2, 0) is 19.4 Å². The third-order valence-electron chi connectivity index (χ3n) is 7.24. The van der Waals surface area contributed by atoms with Gasteiger partial charge in [-0.1, -0.05) is 81.4 Å². The third kappa shape index (κ3) is 4.65. The Labute approximate surface area is 189 Å². The number of rotatable bonds is 9. The molecule has 0 aliphatic heterocycles. The molecule has 3 nitrogen and oxygen atoms in total. The molecule has 0 amide bonds. The zero-order valence-corrected chi connectivity index (χ0v) is 20.8. The van der Waals surface area contributed by atoms with Crippen LogP contribution in [0.1, 0.15) is 58.6 Å². The molecule has 1 aliphatic carbocycles. The van der Waals surface area contributed by atoms with Gasteiger partial charge >= 0.3 is 5.97 Å². The number of ether oxygens (including phenoxy) is 1. The minimum atomic E-state index is -1.97. The minimum Gasteiger partial charge on any atom is -0.463 e.